The topological polar surface area (TPSA) is 44.8 Å². The summed E-state index contributed by atoms with van der Waals surface area (Å²) in [6.45, 7) is 7.42. The van der Waals surface area contributed by atoms with E-state index in [0.29, 0.717) is 6.54 Å². The first-order chi connectivity index (χ1) is 13.1. The molecule has 1 saturated heterocycles. The van der Waals surface area contributed by atoms with Crippen LogP contribution in [0, 0.1) is 0 Å². The molecule has 0 aromatic heterocycles. The van der Waals surface area contributed by atoms with E-state index in [4.69, 9.17) is 4.74 Å². The predicted molar refractivity (Wildman–Crippen MR) is 108 cm³/mol. The quantitative estimate of drug-likeness (QED) is 0.878. The number of ether oxygens (including phenoxy) is 1. The van der Waals surface area contributed by atoms with E-state index in [1.807, 2.05) is 23.1 Å². The molecule has 2 aliphatic heterocycles. The molecule has 1 fully saturated rings. The second kappa shape index (κ2) is 7.61. The maximum absolute atomic E-state index is 12.6. The van der Waals surface area contributed by atoms with E-state index in [1.165, 1.54) is 16.8 Å². The minimum Gasteiger partial charge on any atom is -0.372 e. The highest BCUT2D eigenvalue weighted by atomic mass is 16.5. The van der Waals surface area contributed by atoms with Crippen LogP contribution in [0.1, 0.15) is 25.0 Å². The Labute approximate surface area is 160 Å². The average molecular weight is 365 g/mol. The summed E-state index contributed by atoms with van der Waals surface area (Å²) in [6.07, 6.45) is 1.38. The normalized spacial score (nSPS) is 22.3. The van der Waals surface area contributed by atoms with Gasteiger partial charge in [-0.3, -0.25) is 0 Å². The number of carbonyl (C=O) groups is 1. The summed E-state index contributed by atoms with van der Waals surface area (Å²) in [5.41, 5.74) is 4.59. The highest BCUT2D eigenvalue weighted by Crippen LogP contribution is 2.23. The second-order valence-corrected chi connectivity index (χ2v) is 7.58. The maximum Gasteiger partial charge on any atom is 0.322 e. The molecule has 2 amide bonds. The lowest BCUT2D eigenvalue weighted by Gasteiger charge is -2.37. The van der Waals surface area contributed by atoms with Crippen molar-refractivity contribution < 1.29 is 9.53 Å². The molecule has 142 valence electrons. The average Bonchev–Trinajstić information content (AvgIpc) is 2.67. The Morgan fingerprint density at radius 2 is 1.67 bits per heavy atom. The van der Waals surface area contributed by atoms with Crippen molar-refractivity contribution in [3.63, 3.8) is 0 Å². The van der Waals surface area contributed by atoms with Crippen molar-refractivity contribution in [1.82, 2.24) is 4.90 Å². The number of carbonyl (C=O) groups excluding carboxylic acids is 1. The molecule has 2 aromatic rings. The van der Waals surface area contributed by atoms with Crippen molar-refractivity contribution in [2.75, 3.05) is 29.9 Å². The van der Waals surface area contributed by atoms with Crippen LogP contribution in [0.5, 0.6) is 0 Å². The van der Waals surface area contributed by atoms with E-state index in [0.717, 1.165) is 31.7 Å². The van der Waals surface area contributed by atoms with Gasteiger partial charge in [-0.05, 0) is 55.7 Å². The van der Waals surface area contributed by atoms with Crippen LogP contribution in [0.2, 0.25) is 0 Å². The Morgan fingerprint density at radius 1 is 1.00 bits per heavy atom. The summed E-state index contributed by atoms with van der Waals surface area (Å²) in [5, 5.41) is 3.03. The third-order valence-electron chi connectivity index (χ3n) is 5.32. The van der Waals surface area contributed by atoms with Gasteiger partial charge in [-0.1, -0.05) is 24.3 Å². The van der Waals surface area contributed by atoms with Crippen LogP contribution < -0.4 is 10.2 Å². The zero-order chi connectivity index (χ0) is 18.8. The molecule has 0 spiro atoms. The van der Waals surface area contributed by atoms with Gasteiger partial charge < -0.3 is 19.9 Å². The molecular weight excluding hydrogens is 338 g/mol. The standard InChI is InChI=1S/C22H27N3O2/c1-16-13-25(14-17(2)27-16)21-9-7-20(8-10-21)23-22(26)24-12-11-18-5-3-4-6-19(18)15-24/h3-10,16-17H,11-15H2,1-2H3,(H,23,26). The lowest BCUT2D eigenvalue weighted by Crippen LogP contribution is -2.45. The SMILES string of the molecule is CC1CN(c2ccc(NC(=O)N3CCc4ccccc4C3)cc2)CC(C)O1. The fraction of sp³-hybridized carbons (Fsp3) is 0.409. The highest BCUT2D eigenvalue weighted by molar-refractivity contribution is 5.89. The number of fused-ring (bicyclic) bond motifs is 1. The minimum atomic E-state index is -0.0362. The van der Waals surface area contributed by atoms with Gasteiger partial charge in [0.05, 0.1) is 12.2 Å². The zero-order valence-electron chi connectivity index (χ0n) is 16.0. The first kappa shape index (κ1) is 17.9. The van der Waals surface area contributed by atoms with E-state index in [1.54, 1.807) is 0 Å². The van der Waals surface area contributed by atoms with Crippen LogP contribution >= 0.6 is 0 Å². The van der Waals surface area contributed by atoms with Gasteiger partial charge in [-0.25, -0.2) is 4.79 Å². The molecule has 1 N–H and O–H groups in total. The number of morpholine rings is 1. The summed E-state index contributed by atoms with van der Waals surface area (Å²) in [6, 6.07) is 16.4. The smallest absolute Gasteiger partial charge is 0.322 e. The molecule has 5 nitrogen and oxygen atoms in total. The second-order valence-electron chi connectivity index (χ2n) is 7.58. The summed E-state index contributed by atoms with van der Waals surface area (Å²) >= 11 is 0. The van der Waals surface area contributed by atoms with Crippen molar-refractivity contribution >= 4 is 17.4 Å². The number of hydrogen-bond donors (Lipinski definition) is 1. The van der Waals surface area contributed by atoms with Gasteiger partial charge in [0.1, 0.15) is 0 Å². The van der Waals surface area contributed by atoms with Crippen molar-refractivity contribution in [2.24, 2.45) is 0 Å². The zero-order valence-corrected chi connectivity index (χ0v) is 16.0. The van der Waals surface area contributed by atoms with Crippen LogP contribution in [0.3, 0.4) is 0 Å². The van der Waals surface area contributed by atoms with Crippen LogP contribution in [-0.4, -0.2) is 42.8 Å². The summed E-state index contributed by atoms with van der Waals surface area (Å²) in [7, 11) is 0. The van der Waals surface area contributed by atoms with Crippen LogP contribution in [0.15, 0.2) is 48.5 Å². The van der Waals surface area contributed by atoms with Crippen molar-refractivity contribution in [3.05, 3.63) is 59.7 Å². The number of nitrogens with zero attached hydrogens (tertiary/aromatic N) is 2. The van der Waals surface area contributed by atoms with Crippen molar-refractivity contribution in [3.8, 4) is 0 Å². The van der Waals surface area contributed by atoms with Gasteiger partial charge in [0, 0.05) is 37.6 Å². The minimum absolute atomic E-state index is 0.0362. The number of anilines is 2. The number of rotatable bonds is 2. The Kier molecular flexibility index (Phi) is 5.03. The summed E-state index contributed by atoms with van der Waals surface area (Å²) < 4.78 is 5.80. The monoisotopic (exact) mass is 365 g/mol. The van der Waals surface area contributed by atoms with Gasteiger partial charge in [0.2, 0.25) is 0 Å². The molecule has 0 aliphatic carbocycles. The number of nitrogens with one attached hydrogen (secondary N) is 1. The number of amides is 2. The van der Waals surface area contributed by atoms with Gasteiger partial charge in [0.25, 0.3) is 0 Å². The van der Waals surface area contributed by atoms with Gasteiger partial charge in [-0.2, -0.15) is 0 Å². The molecule has 2 aromatic carbocycles. The van der Waals surface area contributed by atoms with E-state index in [9.17, 15) is 4.79 Å². The number of hydrogen-bond acceptors (Lipinski definition) is 3. The van der Waals surface area contributed by atoms with Crippen LogP contribution in [-0.2, 0) is 17.7 Å². The molecule has 2 heterocycles. The van der Waals surface area contributed by atoms with Gasteiger partial charge in [-0.15, -0.1) is 0 Å². The first-order valence-electron chi connectivity index (χ1n) is 9.71. The Bertz CT molecular complexity index is 795. The third-order valence-corrected chi connectivity index (χ3v) is 5.32. The van der Waals surface area contributed by atoms with E-state index >= 15 is 0 Å². The molecule has 4 rings (SSSR count). The van der Waals surface area contributed by atoms with Crippen molar-refractivity contribution in [2.45, 2.75) is 39.0 Å². The Morgan fingerprint density at radius 3 is 2.37 bits per heavy atom. The molecule has 2 aliphatic rings. The number of urea groups is 1. The molecule has 27 heavy (non-hydrogen) atoms. The van der Waals surface area contributed by atoms with E-state index in [-0.39, 0.29) is 18.2 Å². The van der Waals surface area contributed by atoms with Crippen LogP contribution in [0.25, 0.3) is 0 Å². The van der Waals surface area contributed by atoms with Gasteiger partial charge in [0.15, 0.2) is 0 Å². The molecule has 0 saturated carbocycles. The largest absolute Gasteiger partial charge is 0.372 e. The fourth-order valence-corrected chi connectivity index (χ4v) is 4.02. The molecule has 5 heteroatoms. The molecule has 0 radical (unpaired) electrons. The van der Waals surface area contributed by atoms with Crippen LogP contribution in [0.4, 0.5) is 16.2 Å². The lowest BCUT2D eigenvalue weighted by atomic mass is 10.0. The maximum atomic E-state index is 12.6. The first-order valence-corrected chi connectivity index (χ1v) is 9.71. The number of benzene rings is 2. The summed E-state index contributed by atoms with van der Waals surface area (Å²) in [4.78, 5) is 16.9. The molecule has 2 atom stereocenters. The Hall–Kier alpha value is -2.53. The fourth-order valence-electron chi connectivity index (χ4n) is 4.02. The Balaban J connectivity index is 1.38. The van der Waals surface area contributed by atoms with E-state index < -0.39 is 0 Å². The van der Waals surface area contributed by atoms with Crippen molar-refractivity contribution in [1.29, 1.82) is 0 Å². The highest BCUT2D eigenvalue weighted by Gasteiger charge is 2.23. The lowest BCUT2D eigenvalue weighted by molar-refractivity contribution is -0.00521. The predicted octanol–water partition coefficient (Wildman–Crippen LogP) is 3.89. The van der Waals surface area contributed by atoms with Gasteiger partial charge >= 0.3 is 6.03 Å². The van der Waals surface area contributed by atoms with E-state index in [2.05, 4.69) is 54.4 Å². The molecular formula is C22H27N3O2. The summed E-state index contributed by atoms with van der Waals surface area (Å²) in [5.74, 6) is 0. The molecule has 0 bridgehead atoms. The third kappa shape index (κ3) is 4.08. The molecule has 2 unspecified atom stereocenters.